The van der Waals surface area contributed by atoms with Gasteiger partial charge in [0.25, 0.3) is 0 Å². The lowest BCUT2D eigenvalue weighted by Gasteiger charge is -2.27. The van der Waals surface area contributed by atoms with Gasteiger partial charge in [0.05, 0.1) is 12.0 Å². The number of ether oxygens (including phenoxy) is 1. The van der Waals surface area contributed by atoms with Crippen molar-refractivity contribution in [2.75, 3.05) is 7.11 Å². The highest BCUT2D eigenvalue weighted by Gasteiger charge is 2.19. The second-order valence-electron chi connectivity index (χ2n) is 5.60. The molecule has 1 aliphatic carbocycles. The first-order valence-corrected chi connectivity index (χ1v) is 7.15. The average Bonchev–Trinajstić information content (AvgIpc) is 2.46. The van der Waals surface area contributed by atoms with Crippen molar-refractivity contribution >= 4 is 5.69 Å². The van der Waals surface area contributed by atoms with Gasteiger partial charge in [0.2, 0.25) is 0 Å². The number of nitrogens with zero attached hydrogens (tertiary/aromatic N) is 1. The normalized spacial score (nSPS) is 22.5. The van der Waals surface area contributed by atoms with Crippen LogP contribution in [0.15, 0.2) is 18.2 Å². The van der Waals surface area contributed by atoms with Gasteiger partial charge in [0.15, 0.2) is 5.75 Å². The third-order valence-electron chi connectivity index (χ3n) is 4.05. The SMILES string of the molecule is COc1ccc(CNC2CCC(C)CC2)cc1[N+](=O)[O-]. The molecule has 110 valence electrons. The minimum absolute atomic E-state index is 0.0315. The predicted octanol–water partition coefficient (Wildman–Crippen LogP) is 3.27. The Bertz CT molecular complexity index is 468. The van der Waals surface area contributed by atoms with Crippen LogP contribution >= 0.6 is 0 Å². The van der Waals surface area contributed by atoms with Crippen LogP contribution in [0, 0.1) is 16.0 Å². The van der Waals surface area contributed by atoms with E-state index in [0.717, 1.165) is 11.5 Å². The first-order chi connectivity index (χ1) is 9.60. The first kappa shape index (κ1) is 14.8. The summed E-state index contributed by atoms with van der Waals surface area (Å²) in [6, 6.07) is 5.67. The molecule has 20 heavy (non-hydrogen) atoms. The van der Waals surface area contributed by atoms with Gasteiger partial charge in [-0.1, -0.05) is 13.0 Å². The van der Waals surface area contributed by atoms with Crippen LogP contribution in [0.1, 0.15) is 38.2 Å². The Morgan fingerprint density at radius 2 is 2.05 bits per heavy atom. The molecule has 0 aliphatic heterocycles. The van der Waals surface area contributed by atoms with Crippen molar-refractivity contribution in [1.29, 1.82) is 0 Å². The predicted molar refractivity (Wildman–Crippen MR) is 77.9 cm³/mol. The number of nitrogens with one attached hydrogen (secondary N) is 1. The molecular formula is C15H22N2O3. The van der Waals surface area contributed by atoms with Gasteiger partial charge in [-0.25, -0.2) is 0 Å². The number of rotatable bonds is 5. The summed E-state index contributed by atoms with van der Waals surface area (Å²) >= 11 is 0. The molecule has 1 fully saturated rings. The van der Waals surface area contributed by atoms with E-state index in [2.05, 4.69) is 12.2 Å². The van der Waals surface area contributed by atoms with E-state index in [4.69, 9.17) is 4.74 Å². The van der Waals surface area contributed by atoms with Gasteiger partial charge in [0, 0.05) is 18.7 Å². The minimum Gasteiger partial charge on any atom is -0.490 e. The highest BCUT2D eigenvalue weighted by atomic mass is 16.6. The third-order valence-corrected chi connectivity index (χ3v) is 4.05. The zero-order chi connectivity index (χ0) is 14.5. The topological polar surface area (TPSA) is 64.4 Å². The maximum Gasteiger partial charge on any atom is 0.311 e. The van der Waals surface area contributed by atoms with Gasteiger partial charge < -0.3 is 10.1 Å². The Labute approximate surface area is 119 Å². The lowest BCUT2D eigenvalue weighted by molar-refractivity contribution is -0.385. The molecule has 1 aromatic carbocycles. The van der Waals surface area contributed by atoms with Gasteiger partial charge in [-0.05, 0) is 43.2 Å². The molecule has 0 saturated heterocycles. The fourth-order valence-corrected chi connectivity index (χ4v) is 2.71. The van der Waals surface area contributed by atoms with Crippen molar-refractivity contribution in [2.24, 2.45) is 5.92 Å². The highest BCUT2D eigenvalue weighted by molar-refractivity contribution is 5.48. The minimum atomic E-state index is -0.398. The number of benzene rings is 1. The molecular weight excluding hydrogens is 256 g/mol. The van der Waals surface area contributed by atoms with Crippen LogP contribution in [-0.4, -0.2) is 18.1 Å². The number of methoxy groups -OCH3 is 1. The lowest BCUT2D eigenvalue weighted by Crippen LogP contribution is -2.32. The van der Waals surface area contributed by atoms with E-state index in [-0.39, 0.29) is 5.69 Å². The molecule has 5 nitrogen and oxygen atoms in total. The van der Waals surface area contributed by atoms with E-state index in [9.17, 15) is 10.1 Å². The molecule has 5 heteroatoms. The Kier molecular flexibility index (Phi) is 4.95. The smallest absolute Gasteiger partial charge is 0.311 e. The Balaban J connectivity index is 1.96. The quantitative estimate of drug-likeness (QED) is 0.663. The van der Waals surface area contributed by atoms with Gasteiger partial charge in [-0.3, -0.25) is 10.1 Å². The molecule has 0 heterocycles. The van der Waals surface area contributed by atoms with Gasteiger partial charge >= 0.3 is 5.69 Å². The van der Waals surface area contributed by atoms with Crippen LogP contribution < -0.4 is 10.1 Å². The number of nitro groups is 1. The maximum absolute atomic E-state index is 11.0. The largest absolute Gasteiger partial charge is 0.490 e. The summed E-state index contributed by atoms with van der Waals surface area (Å²) in [5, 5.41) is 14.5. The molecule has 0 radical (unpaired) electrons. The summed E-state index contributed by atoms with van der Waals surface area (Å²) in [5.41, 5.74) is 0.959. The fraction of sp³-hybridized carbons (Fsp3) is 0.600. The summed E-state index contributed by atoms with van der Waals surface area (Å²) < 4.78 is 5.01. The first-order valence-electron chi connectivity index (χ1n) is 7.15. The van der Waals surface area contributed by atoms with E-state index in [0.29, 0.717) is 18.3 Å². The van der Waals surface area contributed by atoms with E-state index >= 15 is 0 Å². The van der Waals surface area contributed by atoms with E-state index in [1.165, 1.54) is 32.8 Å². The zero-order valence-corrected chi connectivity index (χ0v) is 12.1. The number of hydrogen-bond acceptors (Lipinski definition) is 4. The summed E-state index contributed by atoms with van der Waals surface area (Å²) in [4.78, 5) is 10.6. The average molecular weight is 278 g/mol. The molecule has 1 N–H and O–H groups in total. The molecule has 0 amide bonds. The number of nitro benzene ring substituents is 1. The Hall–Kier alpha value is -1.62. The second kappa shape index (κ2) is 6.70. The zero-order valence-electron chi connectivity index (χ0n) is 12.1. The molecule has 0 bridgehead atoms. The van der Waals surface area contributed by atoms with Gasteiger partial charge in [-0.2, -0.15) is 0 Å². The Morgan fingerprint density at radius 3 is 2.65 bits per heavy atom. The van der Waals surface area contributed by atoms with Crippen molar-refractivity contribution < 1.29 is 9.66 Å². The van der Waals surface area contributed by atoms with E-state index in [1.54, 1.807) is 12.1 Å². The summed E-state index contributed by atoms with van der Waals surface area (Å²) in [7, 11) is 1.45. The standard InChI is InChI=1S/C15H22N2O3/c1-11-3-6-13(7-4-11)16-10-12-5-8-15(20-2)14(9-12)17(18)19/h5,8-9,11,13,16H,3-4,6-7,10H2,1-2H3. The second-order valence-corrected chi connectivity index (χ2v) is 5.60. The van der Waals surface area contributed by atoms with Crippen LogP contribution in [0.25, 0.3) is 0 Å². The summed E-state index contributed by atoms with van der Waals surface area (Å²) in [6.45, 7) is 2.97. The summed E-state index contributed by atoms with van der Waals surface area (Å²) in [6.07, 6.45) is 4.92. The van der Waals surface area contributed by atoms with Crippen LogP contribution in [0.4, 0.5) is 5.69 Å². The molecule has 0 aromatic heterocycles. The molecule has 1 aromatic rings. The Morgan fingerprint density at radius 1 is 1.35 bits per heavy atom. The van der Waals surface area contributed by atoms with E-state index < -0.39 is 4.92 Å². The number of hydrogen-bond donors (Lipinski definition) is 1. The van der Waals surface area contributed by atoms with Gasteiger partial charge in [-0.15, -0.1) is 0 Å². The van der Waals surface area contributed by atoms with Crippen molar-refractivity contribution in [2.45, 2.75) is 45.2 Å². The van der Waals surface area contributed by atoms with Crippen LogP contribution in [0.2, 0.25) is 0 Å². The highest BCUT2D eigenvalue weighted by Crippen LogP contribution is 2.28. The van der Waals surface area contributed by atoms with Crippen molar-refractivity contribution in [3.8, 4) is 5.75 Å². The van der Waals surface area contributed by atoms with Crippen molar-refractivity contribution in [3.05, 3.63) is 33.9 Å². The molecule has 0 atom stereocenters. The van der Waals surface area contributed by atoms with E-state index in [1.807, 2.05) is 6.07 Å². The summed E-state index contributed by atoms with van der Waals surface area (Å²) in [5.74, 6) is 1.14. The molecule has 1 saturated carbocycles. The van der Waals surface area contributed by atoms with Crippen molar-refractivity contribution in [3.63, 3.8) is 0 Å². The van der Waals surface area contributed by atoms with Crippen LogP contribution in [-0.2, 0) is 6.54 Å². The molecule has 0 spiro atoms. The van der Waals surface area contributed by atoms with Crippen LogP contribution in [0.5, 0.6) is 5.75 Å². The molecule has 1 aliphatic rings. The van der Waals surface area contributed by atoms with Gasteiger partial charge in [0.1, 0.15) is 0 Å². The fourth-order valence-electron chi connectivity index (χ4n) is 2.71. The van der Waals surface area contributed by atoms with Crippen molar-refractivity contribution in [1.82, 2.24) is 5.32 Å². The monoisotopic (exact) mass is 278 g/mol. The molecule has 0 unspecified atom stereocenters. The molecule has 2 rings (SSSR count). The third kappa shape index (κ3) is 3.70. The lowest BCUT2D eigenvalue weighted by atomic mass is 9.87. The van der Waals surface area contributed by atoms with Crippen LogP contribution in [0.3, 0.4) is 0 Å². The maximum atomic E-state index is 11.0.